The van der Waals surface area contributed by atoms with Gasteiger partial charge < -0.3 is 10.2 Å². The Balaban J connectivity index is 1.39. The molecule has 0 atom stereocenters. The van der Waals surface area contributed by atoms with E-state index in [1.807, 2.05) is 11.3 Å². The van der Waals surface area contributed by atoms with Gasteiger partial charge in [-0.15, -0.1) is 11.3 Å². The average Bonchev–Trinajstić information content (AvgIpc) is 2.92. The molecule has 1 N–H and O–H groups in total. The molecular formula is C15H26N2S. The Morgan fingerprint density at radius 3 is 2.78 bits per heavy atom. The van der Waals surface area contributed by atoms with Gasteiger partial charge in [-0.2, -0.15) is 0 Å². The van der Waals surface area contributed by atoms with Crippen molar-refractivity contribution in [3.63, 3.8) is 0 Å². The summed E-state index contributed by atoms with van der Waals surface area (Å²) in [5.41, 5.74) is 0. The Bertz CT molecular complexity index is 291. The number of rotatable bonds is 8. The van der Waals surface area contributed by atoms with Crippen LogP contribution < -0.4 is 5.32 Å². The van der Waals surface area contributed by atoms with E-state index in [0.717, 1.165) is 13.1 Å². The number of thiophene rings is 1. The maximum atomic E-state index is 3.52. The highest BCUT2D eigenvalue weighted by molar-refractivity contribution is 7.09. The molecular weight excluding hydrogens is 240 g/mol. The first-order valence-electron chi connectivity index (χ1n) is 7.40. The van der Waals surface area contributed by atoms with Crippen LogP contribution in [0.4, 0.5) is 0 Å². The van der Waals surface area contributed by atoms with Gasteiger partial charge in [0.25, 0.3) is 0 Å². The minimum atomic E-state index is 1.05. The third kappa shape index (κ3) is 5.51. The van der Waals surface area contributed by atoms with Crippen molar-refractivity contribution in [1.82, 2.24) is 10.2 Å². The molecule has 0 aromatic carbocycles. The molecule has 1 aliphatic heterocycles. The van der Waals surface area contributed by atoms with E-state index in [2.05, 4.69) is 27.7 Å². The number of nitrogens with zero attached hydrogens (tertiary/aromatic N) is 1. The van der Waals surface area contributed by atoms with Crippen LogP contribution in [0.15, 0.2) is 17.5 Å². The highest BCUT2D eigenvalue weighted by Gasteiger charge is 2.08. The summed E-state index contributed by atoms with van der Waals surface area (Å²) in [4.78, 5) is 4.09. The molecule has 0 amide bonds. The summed E-state index contributed by atoms with van der Waals surface area (Å²) in [7, 11) is 0. The van der Waals surface area contributed by atoms with Gasteiger partial charge >= 0.3 is 0 Å². The van der Waals surface area contributed by atoms with Crippen LogP contribution in [0, 0.1) is 0 Å². The summed E-state index contributed by atoms with van der Waals surface area (Å²) in [6.45, 7) is 6.22. The number of likely N-dealkylation sites (tertiary alicyclic amines) is 1. The molecule has 0 radical (unpaired) electrons. The van der Waals surface area contributed by atoms with E-state index >= 15 is 0 Å². The molecule has 102 valence electrons. The first-order valence-corrected chi connectivity index (χ1v) is 8.28. The number of piperidine rings is 1. The molecule has 0 unspecified atom stereocenters. The summed E-state index contributed by atoms with van der Waals surface area (Å²) in [6.07, 6.45) is 8.35. The Hall–Kier alpha value is -0.380. The van der Waals surface area contributed by atoms with Gasteiger partial charge in [-0.25, -0.2) is 0 Å². The molecule has 2 heterocycles. The molecule has 3 heteroatoms. The van der Waals surface area contributed by atoms with Crippen LogP contribution in [0.2, 0.25) is 0 Å². The third-order valence-electron chi connectivity index (χ3n) is 3.66. The van der Waals surface area contributed by atoms with Gasteiger partial charge in [0.05, 0.1) is 0 Å². The van der Waals surface area contributed by atoms with Crippen LogP contribution in [0.25, 0.3) is 0 Å². The lowest BCUT2D eigenvalue weighted by molar-refractivity contribution is 0.224. The predicted molar refractivity (Wildman–Crippen MR) is 80.2 cm³/mol. The molecule has 2 rings (SSSR count). The lowest BCUT2D eigenvalue weighted by Crippen LogP contribution is -2.30. The fourth-order valence-corrected chi connectivity index (χ4v) is 3.24. The molecule has 1 fully saturated rings. The number of nitrogens with one attached hydrogen (secondary N) is 1. The molecule has 0 saturated carbocycles. The molecule has 1 saturated heterocycles. The summed E-state index contributed by atoms with van der Waals surface area (Å²) >= 11 is 1.84. The fourth-order valence-electron chi connectivity index (χ4n) is 2.57. The maximum absolute atomic E-state index is 3.52. The summed E-state index contributed by atoms with van der Waals surface area (Å²) in [5.74, 6) is 0. The van der Waals surface area contributed by atoms with E-state index in [0.29, 0.717) is 0 Å². The lowest BCUT2D eigenvalue weighted by Gasteiger charge is -2.26. The van der Waals surface area contributed by atoms with Crippen molar-refractivity contribution in [1.29, 1.82) is 0 Å². The van der Waals surface area contributed by atoms with Crippen LogP contribution >= 0.6 is 11.3 Å². The molecule has 2 nitrogen and oxygen atoms in total. The summed E-state index contributed by atoms with van der Waals surface area (Å²) in [5, 5.41) is 5.67. The van der Waals surface area contributed by atoms with E-state index in [-0.39, 0.29) is 0 Å². The molecule has 0 aliphatic carbocycles. The van der Waals surface area contributed by atoms with Crippen LogP contribution in [-0.2, 0) is 6.54 Å². The van der Waals surface area contributed by atoms with Gasteiger partial charge in [-0.1, -0.05) is 18.9 Å². The predicted octanol–water partition coefficient (Wildman–Crippen LogP) is 3.49. The van der Waals surface area contributed by atoms with Crippen LogP contribution in [0.5, 0.6) is 0 Å². The van der Waals surface area contributed by atoms with E-state index in [9.17, 15) is 0 Å². The van der Waals surface area contributed by atoms with Crippen LogP contribution in [-0.4, -0.2) is 31.1 Å². The lowest BCUT2D eigenvalue weighted by atomic mass is 10.1. The van der Waals surface area contributed by atoms with Crippen LogP contribution in [0.1, 0.15) is 43.4 Å². The molecule has 1 aromatic heterocycles. The molecule has 0 bridgehead atoms. The van der Waals surface area contributed by atoms with Crippen molar-refractivity contribution in [2.75, 3.05) is 26.2 Å². The maximum Gasteiger partial charge on any atom is 0.0299 e. The van der Waals surface area contributed by atoms with Crippen LogP contribution in [0.3, 0.4) is 0 Å². The Morgan fingerprint density at radius 1 is 1.11 bits per heavy atom. The largest absolute Gasteiger partial charge is 0.312 e. The number of hydrogen-bond acceptors (Lipinski definition) is 3. The minimum Gasteiger partial charge on any atom is -0.312 e. The Kier molecular flexibility index (Phi) is 6.77. The molecule has 18 heavy (non-hydrogen) atoms. The number of unbranched alkanes of at least 4 members (excludes halogenated alkanes) is 2. The van der Waals surface area contributed by atoms with Crippen molar-refractivity contribution < 1.29 is 0 Å². The zero-order valence-corrected chi connectivity index (χ0v) is 12.2. The average molecular weight is 266 g/mol. The van der Waals surface area contributed by atoms with Crippen molar-refractivity contribution in [3.8, 4) is 0 Å². The smallest absolute Gasteiger partial charge is 0.0299 e. The second-order valence-corrected chi connectivity index (χ2v) is 6.25. The van der Waals surface area contributed by atoms with Crippen molar-refractivity contribution in [2.24, 2.45) is 0 Å². The SMILES string of the molecule is c1csc(CNCCCCCN2CCCCC2)c1. The van der Waals surface area contributed by atoms with Crippen molar-refractivity contribution >= 4 is 11.3 Å². The van der Waals surface area contributed by atoms with Gasteiger partial charge in [-0.3, -0.25) is 0 Å². The first-order chi connectivity index (χ1) is 8.95. The second kappa shape index (κ2) is 8.68. The zero-order valence-electron chi connectivity index (χ0n) is 11.4. The molecule has 1 aromatic rings. The highest BCUT2D eigenvalue weighted by Crippen LogP contribution is 2.10. The van der Waals surface area contributed by atoms with Gasteiger partial charge in [-0.05, 0) is 63.3 Å². The quantitative estimate of drug-likeness (QED) is 0.725. The van der Waals surface area contributed by atoms with Crippen molar-refractivity contribution in [2.45, 2.75) is 45.1 Å². The highest BCUT2D eigenvalue weighted by atomic mass is 32.1. The van der Waals surface area contributed by atoms with E-state index < -0.39 is 0 Å². The Labute approximate surface area is 115 Å². The van der Waals surface area contributed by atoms with Gasteiger partial charge in [0, 0.05) is 11.4 Å². The summed E-state index contributed by atoms with van der Waals surface area (Å²) < 4.78 is 0. The topological polar surface area (TPSA) is 15.3 Å². The van der Waals surface area contributed by atoms with Gasteiger partial charge in [0.15, 0.2) is 0 Å². The monoisotopic (exact) mass is 266 g/mol. The minimum absolute atomic E-state index is 1.05. The first kappa shape index (κ1) is 14.0. The normalized spacial score (nSPS) is 17.1. The second-order valence-electron chi connectivity index (χ2n) is 5.22. The Morgan fingerprint density at radius 2 is 2.00 bits per heavy atom. The fraction of sp³-hybridized carbons (Fsp3) is 0.733. The van der Waals surface area contributed by atoms with E-state index in [1.54, 1.807) is 0 Å². The van der Waals surface area contributed by atoms with Gasteiger partial charge in [0.2, 0.25) is 0 Å². The number of hydrogen-bond donors (Lipinski definition) is 1. The zero-order chi connectivity index (χ0) is 12.5. The van der Waals surface area contributed by atoms with Gasteiger partial charge in [0.1, 0.15) is 0 Å². The third-order valence-corrected chi connectivity index (χ3v) is 4.53. The molecule has 1 aliphatic rings. The van der Waals surface area contributed by atoms with E-state index in [1.165, 1.54) is 63.0 Å². The van der Waals surface area contributed by atoms with E-state index in [4.69, 9.17) is 0 Å². The van der Waals surface area contributed by atoms with Crippen molar-refractivity contribution in [3.05, 3.63) is 22.4 Å². The summed E-state index contributed by atoms with van der Waals surface area (Å²) in [6, 6.07) is 4.33. The molecule has 0 spiro atoms. The standard InChI is InChI=1S/C15H26N2S/c1(4-10-17-11-5-2-6-12-17)3-9-16-14-15-8-7-13-18-15/h7-8,13,16H,1-6,9-12,14H2.